The van der Waals surface area contributed by atoms with Crippen LogP contribution in [0.25, 0.3) is 6.08 Å². The first-order valence-electron chi connectivity index (χ1n) is 10.2. The first-order chi connectivity index (χ1) is 15.0. The minimum atomic E-state index is -0.280. The molecule has 31 heavy (non-hydrogen) atoms. The fourth-order valence-electron chi connectivity index (χ4n) is 4.10. The molecule has 2 aliphatic heterocycles. The van der Waals surface area contributed by atoms with E-state index in [9.17, 15) is 9.50 Å². The van der Waals surface area contributed by atoms with Crippen LogP contribution in [0.5, 0.6) is 5.75 Å². The summed E-state index contributed by atoms with van der Waals surface area (Å²) in [5.74, 6) is -0.219. The van der Waals surface area contributed by atoms with Gasteiger partial charge in [0.15, 0.2) is 11.6 Å². The summed E-state index contributed by atoms with van der Waals surface area (Å²) in [6, 6.07) is 3.25. The Bertz CT molecular complexity index is 1010. The lowest BCUT2D eigenvalue weighted by molar-refractivity contribution is 0.138. The molecule has 0 aromatic carbocycles. The second kappa shape index (κ2) is 9.01. The van der Waals surface area contributed by atoms with Gasteiger partial charge in [0.1, 0.15) is 5.82 Å². The van der Waals surface area contributed by atoms with Gasteiger partial charge in [-0.05, 0) is 24.3 Å². The molecular weight excluding hydrogens is 399 g/mol. The zero-order valence-corrected chi connectivity index (χ0v) is 17.5. The molecule has 2 aromatic heterocycles. The standard InChI is InChI=1S/C22H27FN6O2/c1-14-3-5-18-21-20(17(23)10-26-18)15(12-29(14)21)11-28(7-8-31-2)13-25-9-16-4-6-19(30)22(24)27-16/h3-6,10,15,25,30H,1,7-9,11-13H2,2H3,(H2,24,27). The summed E-state index contributed by atoms with van der Waals surface area (Å²) in [6.45, 7) is 7.72. The molecule has 8 nitrogen and oxygen atoms in total. The Morgan fingerprint density at radius 1 is 1.42 bits per heavy atom. The Kier molecular flexibility index (Phi) is 6.17. The number of halogens is 1. The maximum absolute atomic E-state index is 14.8. The predicted molar refractivity (Wildman–Crippen MR) is 118 cm³/mol. The largest absolute Gasteiger partial charge is 0.504 e. The lowest BCUT2D eigenvalue weighted by atomic mass is 10.00. The van der Waals surface area contributed by atoms with Gasteiger partial charge in [-0.15, -0.1) is 0 Å². The van der Waals surface area contributed by atoms with Crippen molar-refractivity contribution in [2.45, 2.75) is 12.5 Å². The number of ether oxygens (including phenoxy) is 1. The van der Waals surface area contributed by atoms with E-state index in [1.165, 1.54) is 12.3 Å². The number of nitrogens with one attached hydrogen (secondary N) is 1. The number of anilines is 2. The van der Waals surface area contributed by atoms with Crippen LogP contribution in [-0.2, 0) is 11.3 Å². The summed E-state index contributed by atoms with van der Waals surface area (Å²) in [5, 5.41) is 12.9. The molecule has 0 saturated heterocycles. The molecule has 0 amide bonds. The molecule has 2 aromatic rings. The van der Waals surface area contributed by atoms with Gasteiger partial charge in [-0.3, -0.25) is 15.2 Å². The molecule has 2 aliphatic rings. The van der Waals surface area contributed by atoms with Crippen molar-refractivity contribution < 1.29 is 14.2 Å². The fraction of sp³-hybridized carbons (Fsp3) is 0.364. The van der Waals surface area contributed by atoms with Crippen molar-refractivity contribution >= 4 is 17.6 Å². The molecule has 0 aliphatic carbocycles. The van der Waals surface area contributed by atoms with E-state index in [0.717, 1.165) is 22.8 Å². The Morgan fingerprint density at radius 2 is 2.26 bits per heavy atom. The first-order valence-corrected chi connectivity index (χ1v) is 10.2. The van der Waals surface area contributed by atoms with Crippen molar-refractivity contribution in [1.29, 1.82) is 0 Å². The smallest absolute Gasteiger partial charge is 0.166 e. The lowest BCUT2D eigenvalue weighted by Gasteiger charge is -2.27. The molecule has 0 radical (unpaired) electrons. The van der Waals surface area contributed by atoms with Crippen LogP contribution in [0.1, 0.15) is 22.9 Å². The van der Waals surface area contributed by atoms with Gasteiger partial charge in [0.05, 0.1) is 29.9 Å². The van der Waals surface area contributed by atoms with Crippen molar-refractivity contribution in [3.8, 4) is 5.75 Å². The van der Waals surface area contributed by atoms with Crippen LogP contribution in [0.15, 0.2) is 36.7 Å². The summed E-state index contributed by atoms with van der Waals surface area (Å²) < 4.78 is 20.1. The van der Waals surface area contributed by atoms with Crippen LogP contribution in [0, 0.1) is 5.82 Å². The molecule has 1 unspecified atom stereocenters. The third-order valence-electron chi connectivity index (χ3n) is 5.63. The molecule has 1 atom stereocenters. The molecule has 4 heterocycles. The molecule has 4 rings (SSSR count). The molecule has 0 spiro atoms. The van der Waals surface area contributed by atoms with Crippen molar-refractivity contribution in [3.05, 3.63) is 59.5 Å². The van der Waals surface area contributed by atoms with Crippen LogP contribution >= 0.6 is 0 Å². The minimum Gasteiger partial charge on any atom is -0.504 e. The van der Waals surface area contributed by atoms with Gasteiger partial charge in [-0.1, -0.05) is 6.58 Å². The maximum Gasteiger partial charge on any atom is 0.166 e. The van der Waals surface area contributed by atoms with E-state index >= 15 is 0 Å². The van der Waals surface area contributed by atoms with Gasteiger partial charge in [-0.2, -0.15) is 0 Å². The third kappa shape index (κ3) is 4.39. The number of nitrogen functional groups attached to an aromatic ring is 1. The second-order valence-corrected chi connectivity index (χ2v) is 7.75. The number of methoxy groups -OCH3 is 1. The van der Waals surface area contributed by atoms with Crippen LogP contribution in [0.4, 0.5) is 15.9 Å². The van der Waals surface area contributed by atoms with Crippen LogP contribution in [-0.4, -0.2) is 60.0 Å². The van der Waals surface area contributed by atoms with Crippen molar-refractivity contribution in [1.82, 2.24) is 20.2 Å². The molecule has 0 bridgehead atoms. The summed E-state index contributed by atoms with van der Waals surface area (Å²) in [5.41, 5.74) is 9.56. The number of hydrogen-bond acceptors (Lipinski definition) is 8. The average molecular weight is 426 g/mol. The average Bonchev–Trinajstić information content (AvgIpc) is 3.14. The van der Waals surface area contributed by atoms with Gasteiger partial charge in [0.25, 0.3) is 0 Å². The van der Waals surface area contributed by atoms with Gasteiger partial charge < -0.3 is 20.5 Å². The van der Waals surface area contributed by atoms with E-state index in [-0.39, 0.29) is 23.3 Å². The highest BCUT2D eigenvalue weighted by molar-refractivity contribution is 5.79. The number of rotatable bonds is 9. The van der Waals surface area contributed by atoms with E-state index in [1.807, 2.05) is 12.2 Å². The van der Waals surface area contributed by atoms with E-state index in [0.29, 0.717) is 45.0 Å². The van der Waals surface area contributed by atoms with Crippen LogP contribution in [0.2, 0.25) is 0 Å². The summed E-state index contributed by atoms with van der Waals surface area (Å²) >= 11 is 0. The number of nitrogens with two attached hydrogens (primary N) is 1. The minimum absolute atomic E-state index is 0.0190. The molecule has 4 N–H and O–H groups in total. The Balaban J connectivity index is 1.46. The zero-order chi connectivity index (χ0) is 22.0. The molecule has 164 valence electrons. The zero-order valence-electron chi connectivity index (χ0n) is 17.5. The van der Waals surface area contributed by atoms with Gasteiger partial charge >= 0.3 is 0 Å². The molecule has 9 heteroatoms. The van der Waals surface area contributed by atoms with Gasteiger partial charge in [-0.25, -0.2) is 9.37 Å². The quantitative estimate of drug-likeness (QED) is 0.524. The summed E-state index contributed by atoms with van der Waals surface area (Å²) in [6.07, 6.45) is 5.11. The van der Waals surface area contributed by atoms with Crippen LogP contribution < -0.4 is 16.0 Å². The highest BCUT2D eigenvalue weighted by atomic mass is 19.1. The highest BCUT2D eigenvalue weighted by Crippen LogP contribution is 2.44. The lowest BCUT2D eigenvalue weighted by Crippen LogP contribution is -2.39. The monoisotopic (exact) mass is 426 g/mol. The predicted octanol–water partition coefficient (Wildman–Crippen LogP) is 2.04. The SMILES string of the molecule is C=C1C=Cc2ncc(F)c3c2N1CC3CN(CCOC)CNCc1ccc(O)c(N)n1. The number of hydrogen-bond donors (Lipinski definition) is 3. The van der Waals surface area contributed by atoms with E-state index in [2.05, 4.69) is 31.7 Å². The van der Waals surface area contributed by atoms with E-state index in [4.69, 9.17) is 10.5 Å². The van der Waals surface area contributed by atoms with Crippen LogP contribution in [0.3, 0.4) is 0 Å². The number of allylic oxidation sites excluding steroid dienone is 1. The normalized spacial score (nSPS) is 16.9. The Labute approximate surface area is 180 Å². The summed E-state index contributed by atoms with van der Waals surface area (Å²) in [7, 11) is 1.66. The summed E-state index contributed by atoms with van der Waals surface area (Å²) in [4.78, 5) is 12.6. The van der Waals surface area contributed by atoms with Gasteiger partial charge in [0.2, 0.25) is 0 Å². The second-order valence-electron chi connectivity index (χ2n) is 7.75. The molecule has 0 saturated carbocycles. The number of nitrogens with zero attached hydrogens (tertiary/aromatic N) is 4. The van der Waals surface area contributed by atoms with Crippen molar-refractivity contribution in [3.63, 3.8) is 0 Å². The number of pyridine rings is 2. The highest BCUT2D eigenvalue weighted by Gasteiger charge is 2.36. The Hall–Kier alpha value is -3.01. The topological polar surface area (TPSA) is 99.8 Å². The van der Waals surface area contributed by atoms with Crippen molar-refractivity contribution in [2.24, 2.45) is 0 Å². The number of aromatic hydroxyl groups is 1. The van der Waals surface area contributed by atoms with Gasteiger partial charge in [0, 0.05) is 57.1 Å². The van der Waals surface area contributed by atoms with E-state index in [1.54, 1.807) is 13.2 Å². The first kappa shape index (κ1) is 21.2. The fourth-order valence-corrected chi connectivity index (χ4v) is 4.10. The molecule has 0 fully saturated rings. The molecular formula is C22H27FN6O2. The van der Waals surface area contributed by atoms with E-state index < -0.39 is 0 Å². The van der Waals surface area contributed by atoms with Crippen molar-refractivity contribution in [2.75, 3.05) is 50.7 Å². The number of aromatic nitrogens is 2. The third-order valence-corrected chi connectivity index (χ3v) is 5.63. The Morgan fingerprint density at radius 3 is 3.03 bits per heavy atom. The maximum atomic E-state index is 14.8.